The molecule has 0 bridgehead atoms. The number of nitrogens with one attached hydrogen (secondary N) is 1. The number of benzene rings is 2. The quantitative estimate of drug-likeness (QED) is 0.691. The average Bonchev–Trinajstić information content (AvgIpc) is 2.73. The molecule has 0 amide bonds. The van der Waals surface area contributed by atoms with Crippen LogP contribution < -0.4 is 10.2 Å². The van der Waals surface area contributed by atoms with Gasteiger partial charge in [-0.3, -0.25) is 0 Å². The van der Waals surface area contributed by atoms with Crippen LogP contribution in [0.5, 0.6) is 0 Å². The van der Waals surface area contributed by atoms with E-state index in [-0.39, 0.29) is 0 Å². The Morgan fingerprint density at radius 2 is 1.46 bits per heavy atom. The van der Waals surface area contributed by atoms with E-state index >= 15 is 0 Å². The van der Waals surface area contributed by atoms with Crippen LogP contribution in [0.25, 0.3) is 0 Å². The van der Waals surface area contributed by atoms with Crippen molar-refractivity contribution in [3.8, 4) is 0 Å². The highest BCUT2D eigenvalue weighted by atomic mass is 15.2. The summed E-state index contributed by atoms with van der Waals surface area (Å²) < 4.78 is 0. The molecule has 2 atom stereocenters. The third-order valence-corrected chi connectivity index (χ3v) is 4.97. The first kappa shape index (κ1) is 18.4. The first-order chi connectivity index (χ1) is 13.7. The SMILES string of the molecule is C[C@@H]1CN(c2ccnc(N=C(c3ccccc3)c3ccccc3)c2)C[C@H](C)N1. The van der Waals surface area contributed by atoms with E-state index in [1.165, 1.54) is 5.69 Å². The van der Waals surface area contributed by atoms with Gasteiger partial charge in [-0.15, -0.1) is 0 Å². The van der Waals surface area contributed by atoms with E-state index in [4.69, 9.17) is 4.99 Å². The molecule has 4 heteroatoms. The molecule has 2 heterocycles. The Labute approximate surface area is 167 Å². The van der Waals surface area contributed by atoms with E-state index < -0.39 is 0 Å². The zero-order valence-electron chi connectivity index (χ0n) is 16.4. The standard InChI is InChI=1S/C24H26N4/c1-18-16-28(17-19(2)26-18)22-13-14-25-23(15-22)27-24(20-9-5-3-6-10-20)21-11-7-4-8-12-21/h3-15,18-19,26H,16-17H2,1-2H3/t18-,19+. The van der Waals surface area contributed by atoms with Crippen LogP contribution in [0.3, 0.4) is 0 Å². The maximum Gasteiger partial charge on any atom is 0.154 e. The lowest BCUT2D eigenvalue weighted by molar-refractivity contribution is 0.407. The van der Waals surface area contributed by atoms with Crippen molar-refractivity contribution in [2.24, 2.45) is 4.99 Å². The number of anilines is 1. The predicted molar refractivity (Wildman–Crippen MR) is 117 cm³/mol. The summed E-state index contributed by atoms with van der Waals surface area (Å²) in [5.74, 6) is 0.735. The van der Waals surface area contributed by atoms with Crippen LogP contribution in [-0.2, 0) is 0 Å². The molecule has 28 heavy (non-hydrogen) atoms. The van der Waals surface area contributed by atoms with Crippen molar-refractivity contribution in [3.63, 3.8) is 0 Å². The van der Waals surface area contributed by atoms with Crippen LogP contribution in [-0.4, -0.2) is 35.9 Å². The summed E-state index contributed by atoms with van der Waals surface area (Å²) in [5, 5.41) is 3.58. The number of rotatable bonds is 4. The molecule has 4 nitrogen and oxygen atoms in total. The zero-order valence-corrected chi connectivity index (χ0v) is 16.4. The van der Waals surface area contributed by atoms with Gasteiger partial charge < -0.3 is 10.2 Å². The van der Waals surface area contributed by atoms with E-state index in [9.17, 15) is 0 Å². The van der Waals surface area contributed by atoms with Gasteiger partial charge in [-0.25, -0.2) is 9.98 Å². The second-order valence-electron chi connectivity index (χ2n) is 7.44. The van der Waals surface area contributed by atoms with Crippen LogP contribution in [0, 0.1) is 0 Å². The van der Waals surface area contributed by atoms with E-state index in [0.717, 1.165) is 35.7 Å². The Kier molecular flexibility index (Phi) is 5.49. The molecule has 1 aromatic heterocycles. The third-order valence-electron chi connectivity index (χ3n) is 4.97. The fraction of sp³-hybridized carbons (Fsp3) is 0.250. The van der Waals surface area contributed by atoms with Gasteiger partial charge in [-0.1, -0.05) is 60.7 Å². The second kappa shape index (κ2) is 8.36. The van der Waals surface area contributed by atoms with Crippen molar-refractivity contribution in [1.82, 2.24) is 10.3 Å². The van der Waals surface area contributed by atoms with Crippen LogP contribution in [0.1, 0.15) is 25.0 Å². The summed E-state index contributed by atoms with van der Waals surface area (Å²) in [7, 11) is 0. The number of nitrogens with zero attached hydrogens (tertiary/aromatic N) is 3. The molecule has 1 aliphatic rings. The molecule has 3 aromatic rings. The number of aromatic nitrogens is 1. The first-order valence-electron chi connectivity index (χ1n) is 9.85. The normalized spacial score (nSPS) is 19.3. The fourth-order valence-electron chi connectivity index (χ4n) is 3.81. The largest absolute Gasteiger partial charge is 0.368 e. The second-order valence-corrected chi connectivity index (χ2v) is 7.44. The Bertz CT molecular complexity index is 886. The highest BCUT2D eigenvalue weighted by Gasteiger charge is 2.21. The van der Waals surface area contributed by atoms with Crippen molar-refractivity contribution in [3.05, 3.63) is 90.1 Å². The van der Waals surface area contributed by atoms with Gasteiger partial charge in [0.1, 0.15) is 0 Å². The van der Waals surface area contributed by atoms with Gasteiger partial charge in [0.2, 0.25) is 0 Å². The fourth-order valence-corrected chi connectivity index (χ4v) is 3.81. The van der Waals surface area contributed by atoms with Gasteiger partial charge in [-0.05, 0) is 19.9 Å². The molecule has 4 rings (SSSR count). The number of hydrogen-bond donors (Lipinski definition) is 1. The number of hydrogen-bond acceptors (Lipinski definition) is 4. The van der Waals surface area contributed by atoms with Crippen molar-refractivity contribution >= 4 is 17.2 Å². The van der Waals surface area contributed by atoms with Crippen molar-refractivity contribution < 1.29 is 0 Å². The molecule has 0 spiro atoms. The van der Waals surface area contributed by atoms with E-state index in [0.29, 0.717) is 12.1 Å². The van der Waals surface area contributed by atoms with Gasteiger partial charge in [0.15, 0.2) is 5.82 Å². The number of pyridine rings is 1. The average molecular weight is 371 g/mol. The minimum absolute atomic E-state index is 0.466. The molecule has 1 saturated heterocycles. The molecular weight excluding hydrogens is 344 g/mol. The molecule has 0 aliphatic carbocycles. The van der Waals surface area contributed by atoms with E-state index in [1.54, 1.807) is 0 Å². The van der Waals surface area contributed by atoms with E-state index in [2.05, 4.69) is 65.4 Å². The molecular formula is C24H26N4. The summed E-state index contributed by atoms with van der Waals surface area (Å²) in [4.78, 5) is 11.9. The number of piperazine rings is 1. The Balaban J connectivity index is 1.71. The lowest BCUT2D eigenvalue weighted by Crippen LogP contribution is -2.54. The highest BCUT2D eigenvalue weighted by Crippen LogP contribution is 2.23. The predicted octanol–water partition coefficient (Wildman–Crippen LogP) is 4.44. The summed E-state index contributed by atoms with van der Waals surface area (Å²) in [6.45, 7) is 6.43. The maximum absolute atomic E-state index is 4.96. The minimum Gasteiger partial charge on any atom is -0.368 e. The van der Waals surface area contributed by atoms with Crippen molar-refractivity contribution in [2.45, 2.75) is 25.9 Å². The topological polar surface area (TPSA) is 40.5 Å². The molecule has 0 saturated carbocycles. The molecule has 0 radical (unpaired) electrons. The molecule has 1 fully saturated rings. The molecule has 2 aromatic carbocycles. The van der Waals surface area contributed by atoms with Crippen molar-refractivity contribution in [2.75, 3.05) is 18.0 Å². The van der Waals surface area contributed by atoms with Crippen LogP contribution in [0.2, 0.25) is 0 Å². The van der Waals surface area contributed by atoms with Gasteiger partial charge in [0.25, 0.3) is 0 Å². The summed E-state index contributed by atoms with van der Waals surface area (Å²) >= 11 is 0. The highest BCUT2D eigenvalue weighted by molar-refractivity contribution is 6.13. The minimum atomic E-state index is 0.466. The number of aliphatic imine (C=N–C) groups is 1. The van der Waals surface area contributed by atoms with Gasteiger partial charge >= 0.3 is 0 Å². The molecule has 142 valence electrons. The third kappa shape index (κ3) is 4.29. The van der Waals surface area contributed by atoms with Crippen molar-refractivity contribution in [1.29, 1.82) is 0 Å². The van der Waals surface area contributed by atoms with Gasteiger partial charge in [-0.2, -0.15) is 0 Å². The molecule has 0 unspecified atom stereocenters. The Morgan fingerprint density at radius 3 is 2.04 bits per heavy atom. The van der Waals surface area contributed by atoms with Gasteiger partial charge in [0.05, 0.1) is 5.71 Å². The van der Waals surface area contributed by atoms with E-state index in [1.807, 2.05) is 42.6 Å². The summed E-state index contributed by atoms with van der Waals surface area (Å²) in [5.41, 5.74) is 4.29. The lowest BCUT2D eigenvalue weighted by atomic mass is 10.0. The summed E-state index contributed by atoms with van der Waals surface area (Å²) in [6, 6.07) is 25.7. The smallest absolute Gasteiger partial charge is 0.154 e. The first-order valence-corrected chi connectivity index (χ1v) is 9.85. The van der Waals surface area contributed by atoms with Crippen LogP contribution in [0.4, 0.5) is 11.5 Å². The molecule has 1 aliphatic heterocycles. The maximum atomic E-state index is 4.96. The van der Waals surface area contributed by atoms with Gasteiger partial charge in [0, 0.05) is 54.3 Å². The summed E-state index contributed by atoms with van der Waals surface area (Å²) in [6.07, 6.45) is 1.86. The Hall–Kier alpha value is -2.98. The lowest BCUT2D eigenvalue weighted by Gasteiger charge is -2.37. The Morgan fingerprint density at radius 1 is 0.893 bits per heavy atom. The van der Waals surface area contributed by atoms with Crippen LogP contribution in [0.15, 0.2) is 84.0 Å². The molecule has 1 N–H and O–H groups in total. The zero-order chi connectivity index (χ0) is 19.3. The van der Waals surface area contributed by atoms with Crippen LogP contribution >= 0.6 is 0 Å². The monoisotopic (exact) mass is 370 g/mol.